The zero-order valence-electron chi connectivity index (χ0n) is 13.5. The third-order valence-electron chi connectivity index (χ3n) is 3.92. The molecule has 0 aliphatic carbocycles. The first-order valence-corrected chi connectivity index (χ1v) is 8.54. The summed E-state index contributed by atoms with van der Waals surface area (Å²) in [4.78, 5) is 24.6. The van der Waals surface area contributed by atoms with Crippen molar-refractivity contribution in [3.8, 4) is 5.69 Å². The third kappa shape index (κ3) is 3.53. The minimum Gasteiger partial charge on any atom is -0.477 e. The molecule has 1 N–H and O–H groups in total. The molecule has 0 aliphatic heterocycles. The molecular weight excluding hydrogens is 341 g/mol. The van der Waals surface area contributed by atoms with Gasteiger partial charge in [0, 0.05) is 18.3 Å². The Kier molecular flexibility index (Phi) is 4.81. The van der Waals surface area contributed by atoms with E-state index >= 15 is 0 Å². The number of carbonyl (C=O) groups excluding carboxylic acids is 1. The van der Waals surface area contributed by atoms with Gasteiger partial charge in [-0.2, -0.15) is 0 Å². The largest absolute Gasteiger partial charge is 0.477 e. The van der Waals surface area contributed by atoms with Crippen LogP contribution in [0.25, 0.3) is 5.69 Å². The van der Waals surface area contributed by atoms with E-state index in [2.05, 4.69) is 0 Å². The van der Waals surface area contributed by atoms with Gasteiger partial charge in [0.05, 0.1) is 4.88 Å². The Morgan fingerprint density at radius 1 is 1.20 bits per heavy atom. The van der Waals surface area contributed by atoms with Gasteiger partial charge in [0.1, 0.15) is 12.4 Å². The molecule has 2 heterocycles. The summed E-state index contributed by atoms with van der Waals surface area (Å²) in [6, 6.07) is 10.6. The number of carbonyl (C=O) groups is 2. The number of carboxylic acids is 1. The van der Waals surface area contributed by atoms with Gasteiger partial charge in [0.25, 0.3) is 0 Å². The number of nitrogens with zero attached hydrogens (tertiary/aromatic N) is 1. The number of carboxylic acid groups (broad SMARTS) is 1. The van der Waals surface area contributed by atoms with Crippen molar-refractivity contribution >= 4 is 23.1 Å². The summed E-state index contributed by atoms with van der Waals surface area (Å²) in [5.74, 6) is -1.31. The second-order valence-electron chi connectivity index (χ2n) is 5.75. The van der Waals surface area contributed by atoms with E-state index in [-0.39, 0.29) is 17.9 Å². The third-order valence-corrected chi connectivity index (χ3v) is 4.94. The molecule has 0 amide bonds. The predicted molar refractivity (Wildman–Crippen MR) is 94.6 cm³/mol. The van der Waals surface area contributed by atoms with Gasteiger partial charge < -0.3 is 9.67 Å². The average molecular weight is 357 g/mol. The highest BCUT2D eigenvalue weighted by atomic mass is 32.1. The van der Waals surface area contributed by atoms with Crippen LogP contribution in [0.3, 0.4) is 0 Å². The van der Waals surface area contributed by atoms with Gasteiger partial charge in [-0.15, -0.1) is 11.3 Å². The highest BCUT2D eigenvalue weighted by molar-refractivity contribution is 7.12. The maximum absolute atomic E-state index is 12.6. The van der Waals surface area contributed by atoms with E-state index in [9.17, 15) is 19.1 Å². The van der Waals surface area contributed by atoms with E-state index in [0.29, 0.717) is 16.0 Å². The first kappa shape index (κ1) is 17.1. The first-order chi connectivity index (χ1) is 12.0. The van der Waals surface area contributed by atoms with Crippen LogP contribution < -0.4 is 0 Å². The molecular formula is C19H16FNO3S. The van der Waals surface area contributed by atoms with Crippen LogP contribution in [0.5, 0.6) is 0 Å². The number of alkyl halides is 1. The van der Waals surface area contributed by atoms with E-state index in [0.717, 1.165) is 11.3 Å². The fraction of sp³-hybridized carbons (Fsp3) is 0.158. The molecule has 0 atom stereocenters. The van der Waals surface area contributed by atoms with Crippen LogP contribution in [0.1, 0.15) is 36.9 Å². The lowest BCUT2D eigenvalue weighted by Gasteiger charge is -2.08. The van der Waals surface area contributed by atoms with Crippen molar-refractivity contribution in [2.45, 2.75) is 20.0 Å². The summed E-state index contributed by atoms with van der Waals surface area (Å²) in [5, 5.41) is 11.2. The molecule has 0 unspecified atom stereocenters. The van der Waals surface area contributed by atoms with E-state index in [1.54, 1.807) is 22.2 Å². The summed E-state index contributed by atoms with van der Waals surface area (Å²) in [5.41, 5.74) is 2.76. The average Bonchev–Trinajstić information content (AvgIpc) is 3.22. The van der Waals surface area contributed by atoms with Gasteiger partial charge in [0.2, 0.25) is 0 Å². The van der Waals surface area contributed by atoms with Gasteiger partial charge in [-0.25, -0.2) is 9.18 Å². The Balaban J connectivity index is 1.93. The quantitative estimate of drug-likeness (QED) is 0.664. The fourth-order valence-electron chi connectivity index (χ4n) is 2.63. The molecule has 0 fully saturated rings. The monoisotopic (exact) mass is 357 g/mol. The van der Waals surface area contributed by atoms with Crippen LogP contribution in [-0.2, 0) is 13.1 Å². The molecule has 2 aromatic heterocycles. The number of rotatable bonds is 6. The first-order valence-electron chi connectivity index (χ1n) is 7.66. The van der Waals surface area contributed by atoms with E-state index in [1.807, 2.05) is 31.2 Å². The standard InChI is InChI=1S/C19H16FNO3S/c1-12-2-4-15(5-3-12)21-7-6-14(18(21)19(23)24)9-16(22)17-8-13(10-20)11-25-17/h2-8,11H,9-10H2,1H3,(H,23,24). The zero-order valence-corrected chi connectivity index (χ0v) is 14.3. The van der Waals surface area contributed by atoms with Crippen molar-refractivity contribution in [2.24, 2.45) is 0 Å². The van der Waals surface area contributed by atoms with Gasteiger partial charge in [-0.1, -0.05) is 17.7 Å². The van der Waals surface area contributed by atoms with Crippen molar-refractivity contribution in [3.05, 3.63) is 75.2 Å². The van der Waals surface area contributed by atoms with Crippen molar-refractivity contribution in [2.75, 3.05) is 0 Å². The minimum absolute atomic E-state index is 0.0350. The minimum atomic E-state index is -1.09. The molecule has 0 bridgehead atoms. The Morgan fingerprint density at radius 3 is 2.52 bits per heavy atom. The van der Waals surface area contributed by atoms with Gasteiger partial charge in [0.15, 0.2) is 5.78 Å². The topological polar surface area (TPSA) is 59.3 Å². The second-order valence-corrected chi connectivity index (χ2v) is 6.66. The lowest BCUT2D eigenvalue weighted by Crippen LogP contribution is -2.11. The molecule has 6 heteroatoms. The predicted octanol–water partition coefficient (Wildman–Crippen LogP) is 4.44. The van der Waals surface area contributed by atoms with E-state index in [4.69, 9.17) is 0 Å². The summed E-state index contributed by atoms with van der Waals surface area (Å²) >= 11 is 1.18. The van der Waals surface area contributed by atoms with E-state index in [1.165, 1.54) is 17.4 Å². The van der Waals surface area contributed by atoms with Crippen LogP contribution in [-0.4, -0.2) is 21.4 Å². The van der Waals surface area contributed by atoms with Crippen molar-refractivity contribution in [1.82, 2.24) is 4.57 Å². The molecule has 0 spiro atoms. The summed E-state index contributed by atoms with van der Waals surface area (Å²) in [6.45, 7) is 1.34. The van der Waals surface area contributed by atoms with Crippen LogP contribution >= 0.6 is 11.3 Å². The van der Waals surface area contributed by atoms with Crippen LogP contribution in [0.2, 0.25) is 0 Å². The van der Waals surface area contributed by atoms with Crippen molar-refractivity contribution in [3.63, 3.8) is 0 Å². The number of Topliss-reactive ketones (excluding diaryl/α,β-unsaturated/α-hetero) is 1. The zero-order chi connectivity index (χ0) is 18.0. The lowest BCUT2D eigenvalue weighted by molar-refractivity contribution is 0.0687. The number of ketones is 1. The van der Waals surface area contributed by atoms with Crippen LogP contribution in [0.4, 0.5) is 4.39 Å². The number of aryl methyl sites for hydroxylation is 1. The van der Waals surface area contributed by atoms with Crippen molar-refractivity contribution in [1.29, 1.82) is 0 Å². The molecule has 3 aromatic rings. The Bertz CT molecular complexity index is 925. The lowest BCUT2D eigenvalue weighted by atomic mass is 10.1. The number of benzene rings is 1. The Morgan fingerprint density at radius 2 is 1.92 bits per heavy atom. The number of hydrogen-bond acceptors (Lipinski definition) is 3. The van der Waals surface area contributed by atoms with Crippen molar-refractivity contribution < 1.29 is 19.1 Å². The Hall–Kier alpha value is -2.73. The summed E-state index contributed by atoms with van der Waals surface area (Å²) in [6.07, 6.45) is 1.62. The van der Waals surface area contributed by atoms with Crippen LogP contribution in [0, 0.1) is 6.92 Å². The number of aromatic carboxylic acids is 1. The molecule has 0 aliphatic rings. The molecule has 0 radical (unpaired) electrons. The maximum Gasteiger partial charge on any atom is 0.353 e. The molecule has 0 saturated carbocycles. The number of halogens is 1. The molecule has 3 rings (SSSR count). The summed E-state index contributed by atoms with van der Waals surface area (Å²) < 4.78 is 14.2. The fourth-order valence-corrected chi connectivity index (χ4v) is 3.46. The highest BCUT2D eigenvalue weighted by Crippen LogP contribution is 2.22. The normalized spacial score (nSPS) is 10.8. The number of aromatic nitrogens is 1. The molecule has 128 valence electrons. The molecule has 25 heavy (non-hydrogen) atoms. The summed E-state index contributed by atoms with van der Waals surface area (Å²) in [7, 11) is 0. The SMILES string of the molecule is Cc1ccc(-n2ccc(CC(=O)c3cc(CF)cs3)c2C(=O)O)cc1. The smallest absolute Gasteiger partial charge is 0.353 e. The Labute approximate surface area is 148 Å². The highest BCUT2D eigenvalue weighted by Gasteiger charge is 2.20. The van der Waals surface area contributed by atoms with Crippen LogP contribution in [0.15, 0.2) is 48.0 Å². The number of hydrogen-bond donors (Lipinski definition) is 1. The maximum atomic E-state index is 12.6. The molecule has 1 aromatic carbocycles. The van der Waals surface area contributed by atoms with Gasteiger partial charge >= 0.3 is 5.97 Å². The molecule has 0 saturated heterocycles. The van der Waals surface area contributed by atoms with Gasteiger partial charge in [-0.05, 0) is 47.7 Å². The molecule has 4 nitrogen and oxygen atoms in total. The second kappa shape index (κ2) is 7.03. The number of thiophene rings is 1. The van der Waals surface area contributed by atoms with E-state index < -0.39 is 12.6 Å². The van der Waals surface area contributed by atoms with Gasteiger partial charge in [-0.3, -0.25) is 4.79 Å².